The van der Waals surface area contributed by atoms with Gasteiger partial charge in [0.25, 0.3) is 0 Å². The monoisotopic (exact) mass is 274 g/mol. The third-order valence-corrected chi connectivity index (χ3v) is 3.01. The van der Waals surface area contributed by atoms with Crippen LogP contribution in [0.3, 0.4) is 0 Å². The SMILES string of the molecule is COc1cc(-c2nc(CNC(C)(C)C)co2)ccc1C. The molecule has 4 nitrogen and oxygen atoms in total. The summed E-state index contributed by atoms with van der Waals surface area (Å²) in [5.74, 6) is 1.46. The van der Waals surface area contributed by atoms with E-state index in [2.05, 4.69) is 31.1 Å². The fraction of sp³-hybridized carbons (Fsp3) is 0.438. The van der Waals surface area contributed by atoms with Gasteiger partial charge in [0, 0.05) is 17.6 Å². The zero-order chi connectivity index (χ0) is 14.8. The molecular weight excluding hydrogens is 252 g/mol. The van der Waals surface area contributed by atoms with E-state index in [1.54, 1.807) is 13.4 Å². The molecule has 2 aromatic rings. The summed E-state index contributed by atoms with van der Waals surface area (Å²) in [5.41, 5.74) is 2.98. The number of benzene rings is 1. The topological polar surface area (TPSA) is 47.3 Å². The summed E-state index contributed by atoms with van der Waals surface area (Å²) < 4.78 is 10.9. The van der Waals surface area contributed by atoms with Gasteiger partial charge in [0.15, 0.2) is 0 Å². The molecule has 0 saturated carbocycles. The lowest BCUT2D eigenvalue weighted by Gasteiger charge is -2.19. The second-order valence-electron chi connectivity index (χ2n) is 5.93. The predicted octanol–water partition coefficient (Wildman–Crippen LogP) is 3.55. The van der Waals surface area contributed by atoms with Gasteiger partial charge in [-0.25, -0.2) is 4.98 Å². The van der Waals surface area contributed by atoms with E-state index in [0.29, 0.717) is 12.4 Å². The Hall–Kier alpha value is -1.81. The standard InChI is InChI=1S/C16H22N2O2/c1-11-6-7-12(8-14(11)19-5)15-18-13(10-20-15)9-17-16(2,3)4/h6-8,10,17H,9H2,1-5H3. The van der Waals surface area contributed by atoms with Crippen molar-refractivity contribution in [1.82, 2.24) is 10.3 Å². The van der Waals surface area contributed by atoms with Gasteiger partial charge in [-0.15, -0.1) is 0 Å². The minimum Gasteiger partial charge on any atom is -0.496 e. The Morgan fingerprint density at radius 2 is 2.05 bits per heavy atom. The Kier molecular flexibility index (Phi) is 4.14. The minimum absolute atomic E-state index is 0.0617. The van der Waals surface area contributed by atoms with E-state index in [4.69, 9.17) is 9.15 Å². The number of aromatic nitrogens is 1. The highest BCUT2D eigenvalue weighted by Gasteiger charge is 2.12. The molecule has 1 aromatic carbocycles. The highest BCUT2D eigenvalue weighted by atomic mass is 16.5. The molecule has 1 aromatic heterocycles. The average Bonchev–Trinajstić information content (AvgIpc) is 2.85. The van der Waals surface area contributed by atoms with Crippen LogP contribution in [0, 0.1) is 6.92 Å². The van der Waals surface area contributed by atoms with Crippen molar-refractivity contribution in [2.45, 2.75) is 39.8 Å². The molecule has 108 valence electrons. The second-order valence-corrected chi connectivity index (χ2v) is 5.93. The third kappa shape index (κ3) is 3.61. The second kappa shape index (κ2) is 5.67. The highest BCUT2D eigenvalue weighted by molar-refractivity contribution is 5.57. The molecule has 0 saturated heterocycles. The van der Waals surface area contributed by atoms with Crippen molar-refractivity contribution in [3.05, 3.63) is 35.7 Å². The summed E-state index contributed by atoms with van der Waals surface area (Å²) in [7, 11) is 1.67. The lowest BCUT2D eigenvalue weighted by molar-refractivity contribution is 0.411. The number of methoxy groups -OCH3 is 1. The van der Waals surface area contributed by atoms with Crippen molar-refractivity contribution < 1.29 is 9.15 Å². The quantitative estimate of drug-likeness (QED) is 0.926. The van der Waals surface area contributed by atoms with Gasteiger partial charge < -0.3 is 14.5 Å². The van der Waals surface area contributed by atoms with Crippen molar-refractivity contribution in [2.75, 3.05) is 7.11 Å². The van der Waals surface area contributed by atoms with Gasteiger partial charge in [0.2, 0.25) is 5.89 Å². The fourth-order valence-corrected chi connectivity index (χ4v) is 1.83. The summed E-state index contributed by atoms with van der Waals surface area (Å²) in [6.45, 7) is 9.07. The molecule has 4 heteroatoms. The average molecular weight is 274 g/mol. The molecule has 0 aliphatic carbocycles. The first-order valence-electron chi connectivity index (χ1n) is 6.73. The van der Waals surface area contributed by atoms with Gasteiger partial charge in [-0.05, 0) is 45.4 Å². The Balaban J connectivity index is 2.16. The Labute approximate surface area is 120 Å². The molecule has 0 atom stereocenters. The smallest absolute Gasteiger partial charge is 0.226 e. The van der Waals surface area contributed by atoms with E-state index in [1.165, 1.54) is 0 Å². The molecule has 0 spiro atoms. The van der Waals surface area contributed by atoms with Gasteiger partial charge in [-0.2, -0.15) is 0 Å². The normalized spacial score (nSPS) is 11.7. The summed E-state index contributed by atoms with van der Waals surface area (Å²) in [6, 6.07) is 5.94. The van der Waals surface area contributed by atoms with Gasteiger partial charge >= 0.3 is 0 Å². The number of hydrogen-bond acceptors (Lipinski definition) is 4. The number of rotatable bonds is 4. The van der Waals surface area contributed by atoms with E-state index >= 15 is 0 Å². The Morgan fingerprint density at radius 3 is 2.70 bits per heavy atom. The molecule has 0 aliphatic rings. The van der Waals surface area contributed by atoms with Crippen LogP contribution in [0.4, 0.5) is 0 Å². The summed E-state index contributed by atoms with van der Waals surface area (Å²) in [5, 5.41) is 3.39. The van der Waals surface area contributed by atoms with E-state index in [0.717, 1.165) is 22.6 Å². The first-order chi connectivity index (χ1) is 9.39. The number of aryl methyl sites for hydroxylation is 1. The minimum atomic E-state index is 0.0617. The molecule has 0 aliphatic heterocycles. The first kappa shape index (κ1) is 14.6. The molecule has 0 amide bonds. The van der Waals surface area contributed by atoms with Gasteiger partial charge in [-0.3, -0.25) is 0 Å². The molecule has 20 heavy (non-hydrogen) atoms. The van der Waals surface area contributed by atoms with Crippen LogP contribution in [-0.4, -0.2) is 17.6 Å². The molecule has 1 N–H and O–H groups in total. The lowest BCUT2D eigenvalue weighted by atomic mass is 10.1. The van der Waals surface area contributed by atoms with Gasteiger partial charge in [0.1, 0.15) is 12.0 Å². The molecule has 0 fully saturated rings. The maximum atomic E-state index is 5.55. The van der Waals surface area contributed by atoms with Crippen LogP contribution in [0.2, 0.25) is 0 Å². The van der Waals surface area contributed by atoms with E-state index in [-0.39, 0.29) is 5.54 Å². The maximum absolute atomic E-state index is 5.55. The largest absolute Gasteiger partial charge is 0.496 e. The number of oxazole rings is 1. The van der Waals surface area contributed by atoms with Crippen LogP contribution in [0.1, 0.15) is 32.0 Å². The van der Waals surface area contributed by atoms with Gasteiger partial charge in [0.05, 0.1) is 12.8 Å². The van der Waals surface area contributed by atoms with E-state index < -0.39 is 0 Å². The summed E-state index contributed by atoms with van der Waals surface area (Å²) in [4.78, 5) is 4.50. The highest BCUT2D eigenvalue weighted by Crippen LogP contribution is 2.26. The Morgan fingerprint density at radius 1 is 1.30 bits per heavy atom. The van der Waals surface area contributed by atoms with E-state index in [9.17, 15) is 0 Å². The third-order valence-electron chi connectivity index (χ3n) is 3.01. The molecular formula is C16H22N2O2. The van der Waals surface area contributed by atoms with Crippen LogP contribution in [0.15, 0.2) is 28.9 Å². The number of nitrogens with zero attached hydrogens (tertiary/aromatic N) is 1. The molecule has 0 radical (unpaired) electrons. The zero-order valence-corrected chi connectivity index (χ0v) is 12.8. The lowest BCUT2D eigenvalue weighted by Crippen LogP contribution is -2.35. The summed E-state index contributed by atoms with van der Waals surface area (Å²) in [6.07, 6.45) is 1.69. The predicted molar refractivity (Wildman–Crippen MR) is 79.8 cm³/mol. The van der Waals surface area contributed by atoms with Crippen LogP contribution in [0.25, 0.3) is 11.5 Å². The van der Waals surface area contributed by atoms with Crippen LogP contribution < -0.4 is 10.1 Å². The van der Waals surface area contributed by atoms with E-state index in [1.807, 2.05) is 25.1 Å². The number of nitrogens with one attached hydrogen (secondary N) is 1. The number of ether oxygens (including phenoxy) is 1. The summed E-state index contributed by atoms with van der Waals surface area (Å²) >= 11 is 0. The first-order valence-corrected chi connectivity index (χ1v) is 6.73. The molecule has 2 rings (SSSR count). The molecule has 0 unspecified atom stereocenters. The maximum Gasteiger partial charge on any atom is 0.226 e. The molecule has 1 heterocycles. The van der Waals surface area contributed by atoms with Crippen molar-refractivity contribution >= 4 is 0 Å². The van der Waals surface area contributed by atoms with Crippen molar-refractivity contribution in [1.29, 1.82) is 0 Å². The fourth-order valence-electron chi connectivity index (χ4n) is 1.83. The Bertz CT molecular complexity index is 582. The molecule has 0 bridgehead atoms. The zero-order valence-electron chi connectivity index (χ0n) is 12.8. The van der Waals surface area contributed by atoms with Crippen molar-refractivity contribution in [2.24, 2.45) is 0 Å². The van der Waals surface area contributed by atoms with Crippen molar-refractivity contribution in [3.8, 4) is 17.2 Å². The van der Waals surface area contributed by atoms with Crippen LogP contribution in [0.5, 0.6) is 5.75 Å². The van der Waals surface area contributed by atoms with Crippen LogP contribution in [-0.2, 0) is 6.54 Å². The van der Waals surface area contributed by atoms with Gasteiger partial charge in [-0.1, -0.05) is 6.07 Å². The number of hydrogen-bond donors (Lipinski definition) is 1. The van der Waals surface area contributed by atoms with Crippen LogP contribution >= 0.6 is 0 Å². The van der Waals surface area contributed by atoms with Crippen molar-refractivity contribution in [3.63, 3.8) is 0 Å².